The van der Waals surface area contributed by atoms with E-state index in [-0.39, 0.29) is 10.0 Å². The van der Waals surface area contributed by atoms with Crippen LogP contribution >= 0.6 is 15.9 Å². The Hall–Kier alpha value is -1.95. The number of hydrogen-bond acceptors (Lipinski definition) is 2. The first kappa shape index (κ1) is 12.5. The van der Waals surface area contributed by atoms with Crippen LogP contribution in [0.4, 0.5) is 4.39 Å². The molecule has 2 aromatic rings. The zero-order valence-corrected chi connectivity index (χ0v) is 10.5. The Bertz CT molecular complexity index is 681. The number of H-pyrrole nitrogens is 1. The molecule has 0 bridgehead atoms. The van der Waals surface area contributed by atoms with Gasteiger partial charge in [0.2, 0.25) is 0 Å². The SMILES string of the molecule is O=C(O)c1ccc(-c2ccc(F)c(Br)c2)[nH]c1=O. The van der Waals surface area contributed by atoms with Gasteiger partial charge in [0.1, 0.15) is 11.4 Å². The van der Waals surface area contributed by atoms with Crippen molar-refractivity contribution in [2.24, 2.45) is 0 Å². The Morgan fingerprint density at radius 2 is 2.00 bits per heavy atom. The number of hydrogen-bond donors (Lipinski definition) is 2. The number of carboxylic acid groups (broad SMARTS) is 1. The minimum atomic E-state index is -1.29. The number of rotatable bonds is 2. The summed E-state index contributed by atoms with van der Waals surface area (Å²) in [6.07, 6.45) is 0. The highest BCUT2D eigenvalue weighted by atomic mass is 79.9. The number of nitrogens with one attached hydrogen (secondary N) is 1. The van der Waals surface area contributed by atoms with Gasteiger partial charge >= 0.3 is 5.97 Å². The summed E-state index contributed by atoms with van der Waals surface area (Å²) >= 11 is 3.04. The zero-order chi connectivity index (χ0) is 13.3. The number of carbonyl (C=O) groups is 1. The van der Waals surface area contributed by atoms with Gasteiger partial charge in [-0.1, -0.05) is 0 Å². The summed E-state index contributed by atoms with van der Waals surface area (Å²) < 4.78 is 13.3. The van der Waals surface area contributed by atoms with E-state index in [1.165, 1.54) is 30.3 Å². The van der Waals surface area contributed by atoms with Crippen LogP contribution in [0.2, 0.25) is 0 Å². The van der Waals surface area contributed by atoms with Gasteiger partial charge in [0.15, 0.2) is 0 Å². The number of aromatic carboxylic acids is 1. The maximum atomic E-state index is 13.1. The lowest BCUT2D eigenvalue weighted by molar-refractivity contribution is 0.0695. The smallest absolute Gasteiger partial charge is 0.341 e. The Kier molecular flexibility index (Phi) is 3.29. The van der Waals surface area contributed by atoms with E-state index in [2.05, 4.69) is 20.9 Å². The van der Waals surface area contributed by atoms with Crippen LogP contribution in [0.3, 0.4) is 0 Å². The molecular formula is C12H7BrFNO3. The molecule has 0 aliphatic heterocycles. The molecule has 0 unspecified atom stereocenters. The lowest BCUT2D eigenvalue weighted by atomic mass is 10.1. The topological polar surface area (TPSA) is 70.2 Å². The highest BCUT2D eigenvalue weighted by Crippen LogP contribution is 2.23. The van der Waals surface area contributed by atoms with E-state index in [0.717, 1.165) is 0 Å². The van der Waals surface area contributed by atoms with Crippen molar-refractivity contribution in [2.45, 2.75) is 0 Å². The quantitative estimate of drug-likeness (QED) is 0.895. The summed E-state index contributed by atoms with van der Waals surface area (Å²) in [6.45, 7) is 0. The predicted octanol–water partition coefficient (Wildman–Crippen LogP) is 2.64. The minimum absolute atomic E-state index is 0.267. The van der Waals surface area contributed by atoms with E-state index in [0.29, 0.717) is 11.3 Å². The van der Waals surface area contributed by atoms with E-state index >= 15 is 0 Å². The molecular weight excluding hydrogens is 305 g/mol. The van der Waals surface area contributed by atoms with Crippen LogP contribution in [0.15, 0.2) is 39.6 Å². The molecule has 0 saturated heterocycles. The molecule has 4 nitrogen and oxygen atoms in total. The summed E-state index contributed by atoms with van der Waals surface area (Å²) in [6, 6.07) is 6.92. The van der Waals surface area contributed by atoms with Crippen molar-refractivity contribution in [2.75, 3.05) is 0 Å². The van der Waals surface area contributed by atoms with Crippen molar-refractivity contribution in [3.05, 3.63) is 56.5 Å². The molecule has 2 rings (SSSR count). The number of benzene rings is 1. The van der Waals surface area contributed by atoms with Gasteiger partial charge in [-0.15, -0.1) is 0 Å². The normalized spacial score (nSPS) is 10.3. The number of aromatic amines is 1. The van der Waals surface area contributed by atoms with Crippen molar-refractivity contribution in [3.63, 3.8) is 0 Å². The van der Waals surface area contributed by atoms with Crippen molar-refractivity contribution in [1.82, 2.24) is 4.98 Å². The summed E-state index contributed by atoms with van der Waals surface area (Å²) in [4.78, 5) is 24.6. The molecule has 1 aromatic carbocycles. The highest BCUT2D eigenvalue weighted by molar-refractivity contribution is 9.10. The number of carboxylic acids is 1. The fourth-order valence-electron chi connectivity index (χ4n) is 1.47. The second-order valence-corrected chi connectivity index (χ2v) is 4.40. The van der Waals surface area contributed by atoms with Crippen LogP contribution in [-0.2, 0) is 0 Å². The molecule has 0 radical (unpaired) electrons. The van der Waals surface area contributed by atoms with E-state index in [4.69, 9.17) is 5.11 Å². The summed E-state index contributed by atoms with van der Waals surface area (Å²) in [5.74, 6) is -1.70. The van der Waals surface area contributed by atoms with E-state index in [1.54, 1.807) is 0 Å². The van der Waals surface area contributed by atoms with E-state index < -0.39 is 17.3 Å². The first-order chi connectivity index (χ1) is 8.49. The van der Waals surface area contributed by atoms with Crippen molar-refractivity contribution < 1.29 is 14.3 Å². The molecule has 0 spiro atoms. The highest BCUT2D eigenvalue weighted by Gasteiger charge is 2.10. The van der Waals surface area contributed by atoms with Crippen molar-refractivity contribution >= 4 is 21.9 Å². The molecule has 2 N–H and O–H groups in total. The Balaban J connectivity index is 2.52. The van der Waals surface area contributed by atoms with Gasteiger partial charge in [0, 0.05) is 5.69 Å². The van der Waals surface area contributed by atoms with Gasteiger partial charge in [0.05, 0.1) is 4.47 Å². The van der Waals surface area contributed by atoms with Gasteiger partial charge < -0.3 is 10.1 Å². The molecule has 0 fully saturated rings. The number of pyridine rings is 1. The average Bonchev–Trinajstić information content (AvgIpc) is 2.32. The predicted molar refractivity (Wildman–Crippen MR) is 67.1 cm³/mol. The van der Waals surface area contributed by atoms with Crippen molar-refractivity contribution in [3.8, 4) is 11.3 Å². The summed E-state index contributed by atoms with van der Waals surface area (Å²) in [5, 5.41) is 8.73. The largest absolute Gasteiger partial charge is 0.477 e. The molecule has 0 saturated carbocycles. The third-order valence-corrected chi connectivity index (χ3v) is 2.98. The van der Waals surface area contributed by atoms with Crippen LogP contribution in [-0.4, -0.2) is 16.1 Å². The van der Waals surface area contributed by atoms with Crippen LogP contribution in [0, 0.1) is 5.82 Å². The third-order valence-electron chi connectivity index (χ3n) is 2.37. The van der Waals surface area contributed by atoms with Crippen LogP contribution in [0.25, 0.3) is 11.3 Å². The third kappa shape index (κ3) is 2.33. The summed E-state index contributed by atoms with van der Waals surface area (Å²) in [5.41, 5.74) is -0.0246. The number of halogens is 2. The first-order valence-corrected chi connectivity index (χ1v) is 5.70. The fraction of sp³-hybridized carbons (Fsp3) is 0. The van der Waals surface area contributed by atoms with Gasteiger partial charge in [-0.3, -0.25) is 4.79 Å². The lowest BCUT2D eigenvalue weighted by Gasteiger charge is -2.03. The standard InChI is InChI=1S/C12H7BrFNO3/c13-8-5-6(1-3-9(8)14)10-4-2-7(12(17)18)11(16)15-10/h1-5H,(H,15,16)(H,17,18). The molecule has 0 amide bonds. The van der Waals surface area contributed by atoms with Gasteiger partial charge in [-0.2, -0.15) is 0 Å². The molecule has 92 valence electrons. The van der Waals surface area contributed by atoms with Crippen LogP contribution < -0.4 is 5.56 Å². The van der Waals surface area contributed by atoms with Crippen LogP contribution in [0.1, 0.15) is 10.4 Å². The minimum Gasteiger partial charge on any atom is -0.477 e. The Labute approximate surface area is 109 Å². The second-order valence-electron chi connectivity index (χ2n) is 3.55. The number of aromatic nitrogens is 1. The maximum absolute atomic E-state index is 13.1. The zero-order valence-electron chi connectivity index (χ0n) is 8.91. The van der Waals surface area contributed by atoms with Crippen molar-refractivity contribution in [1.29, 1.82) is 0 Å². The maximum Gasteiger partial charge on any atom is 0.341 e. The Morgan fingerprint density at radius 1 is 1.28 bits per heavy atom. The molecule has 0 atom stereocenters. The monoisotopic (exact) mass is 311 g/mol. The van der Waals surface area contributed by atoms with Gasteiger partial charge in [-0.05, 0) is 51.8 Å². The summed E-state index contributed by atoms with van der Waals surface area (Å²) in [7, 11) is 0. The molecule has 1 aromatic heterocycles. The fourth-order valence-corrected chi connectivity index (χ4v) is 1.85. The van der Waals surface area contributed by atoms with Gasteiger partial charge in [0.25, 0.3) is 5.56 Å². The van der Waals surface area contributed by atoms with Crippen LogP contribution in [0.5, 0.6) is 0 Å². The Morgan fingerprint density at radius 3 is 2.56 bits per heavy atom. The molecule has 0 aliphatic rings. The average molecular weight is 312 g/mol. The first-order valence-electron chi connectivity index (χ1n) is 4.91. The van der Waals surface area contributed by atoms with E-state index in [9.17, 15) is 14.0 Å². The lowest BCUT2D eigenvalue weighted by Crippen LogP contribution is -2.17. The second kappa shape index (κ2) is 4.73. The molecule has 18 heavy (non-hydrogen) atoms. The van der Waals surface area contributed by atoms with E-state index in [1.807, 2.05) is 0 Å². The molecule has 0 aliphatic carbocycles. The molecule has 6 heteroatoms. The van der Waals surface area contributed by atoms with Gasteiger partial charge in [-0.25, -0.2) is 9.18 Å². The molecule has 1 heterocycles.